The Labute approximate surface area is 115 Å². The van der Waals surface area contributed by atoms with Gasteiger partial charge in [0.25, 0.3) is 0 Å². The molecule has 0 fully saturated rings. The Bertz CT molecular complexity index is 552. The number of nitrogens with zero attached hydrogens (tertiary/aromatic N) is 1. The zero-order valence-electron chi connectivity index (χ0n) is 12.2. The molecule has 0 atom stereocenters. The van der Waals surface area contributed by atoms with Crippen LogP contribution >= 0.6 is 0 Å². The Morgan fingerprint density at radius 3 is 2.21 bits per heavy atom. The number of hydrogen-bond acceptors (Lipinski definition) is 1. The average molecular weight is 256 g/mol. The number of pyridine rings is 1. The lowest BCUT2D eigenvalue weighted by Gasteiger charge is -2.08. The number of rotatable bonds is 4. The SMILES string of the molecule is Cc1cccc(OCC[n+]2c(C)cc(C)cc2C)c1. The number of aromatic nitrogens is 1. The molecule has 0 radical (unpaired) electrons. The molecule has 0 aliphatic rings. The lowest BCUT2D eigenvalue weighted by Crippen LogP contribution is -2.42. The maximum Gasteiger partial charge on any atom is 0.182 e. The van der Waals surface area contributed by atoms with Crippen LogP contribution < -0.4 is 9.30 Å². The molecular weight excluding hydrogens is 234 g/mol. The van der Waals surface area contributed by atoms with Gasteiger partial charge in [0.2, 0.25) is 0 Å². The Balaban J connectivity index is 2.00. The smallest absolute Gasteiger partial charge is 0.182 e. The van der Waals surface area contributed by atoms with Crippen molar-refractivity contribution in [3.05, 3.63) is 58.9 Å². The monoisotopic (exact) mass is 256 g/mol. The summed E-state index contributed by atoms with van der Waals surface area (Å²) in [5.74, 6) is 0.947. The van der Waals surface area contributed by atoms with Crippen molar-refractivity contribution in [1.29, 1.82) is 0 Å². The van der Waals surface area contributed by atoms with Crippen LogP contribution in [0.1, 0.15) is 22.5 Å². The first kappa shape index (κ1) is 13.6. The van der Waals surface area contributed by atoms with Crippen LogP contribution in [-0.2, 0) is 6.54 Å². The van der Waals surface area contributed by atoms with Crippen LogP contribution in [0, 0.1) is 27.7 Å². The third-order valence-electron chi connectivity index (χ3n) is 3.30. The minimum atomic E-state index is 0.693. The van der Waals surface area contributed by atoms with Crippen LogP contribution in [0.15, 0.2) is 36.4 Å². The zero-order valence-corrected chi connectivity index (χ0v) is 12.2. The maximum atomic E-state index is 5.81. The fraction of sp³-hybridized carbons (Fsp3) is 0.353. The van der Waals surface area contributed by atoms with Gasteiger partial charge in [-0.25, -0.2) is 0 Å². The van der Waals surface area contributed by atoms with Gasteiger partial charge in [-0.05, 0) is 37.1 Å². The highest BCUT2D eigenvalue weighted by atomic mass is 16.5. The van der Waals surface area contributed by atoms with Crippen molar-refractivity contribution in [2.24, 2.45) is 0 Å². The Morgan fingerprint density at radius 1 is 0.895 bits per heavy atom. The topological polar surface area (TPSA) is 13.1 Å². The Hall–Kier alpha value is -1.83. The normalized spacial score (nSPS) is 10.5. The largest absolute Gasteiger partial charge is 0.487 e. The fourth-order valence-electron chi connectivity index (χ4n) is 2.45. The molecule has 0 aliphatic heterocycles. The molecule has 0 unspecified atom stereocenters. The highest BCUT2D eigenvalue weighted by Crippen LogP contribution is 2.12. The standard InChI is InChI=1S/C17H22NO/c1-13-6-5-7-17(12-13)19-9-8-18-15(3)10-14(2)11-16(18)4/h5-7,10-12H,8-9H2,1-4H3/q+1. The van der Waals surface area contributed by atoms with E-state index in [9.17, 15) is 0 Å². The Morgan fingerprint density at radius 2 is 1.58 bits per heavy atom. The first-order valence-corrected chi connectivity index (χ1v) is 6.73. The summed E-state index contributed by atoms with van der Waals surface area (Å²) in [5.41, 5.74) is 5.11. The van der Waals surface area contributed by atoms with Crippen molar-refractivity contribution in [3.63, 3.8) is 0 Å². The van der Waals surface area contributed by atoms with Gasteiger partial charge in [-0.3, -0.25) is 0 Å². The molecule has 0 saturated heterocycles. The second-order valence-corrected chi connectivity index (χ2v) is 5.13. The summed E-state index contributed by atoms with van der Waals surface area (Å²) in [4.78, 5) is 0. The van der Waals surface area contributed by atoms with Crippen molar-refractivity contribution >= 4 is 0 Å². The molecule has 2 aromatic rings. The van der Waals surface area contributed by atoms with E-state index in [1.165, 1.54) is 22.5 Å². The molecule has 0 N–H and O–H groups in total. The van der Waals surface area contributed by atoms with Gasteiger partial charge in [0, 0.05) is 26.0 Å². The number of hydrogen-bond donors (Lipinski definition) is 0. The fourth-order valence-corrected chi connectivity index (χ4v) is 2.45. The van der Waals surface area contributed by atoms with Crippen molar-refractivity contribution in [1.82, 2.24) is 0 Å². The van der Waals surface area contributed by atoms with Gasteiger partial charge in [0.05, 0.1) is 0 Å². The molecule has 1 aromatic carbocycles. The van der Waals surface area contributed by atoms with Crippen LogP contribution in [0.5, 0.6) is 5.75 Å². The molecule has 1 aromatic heterocycles. The maximum absolute atomic E-state index is 5.81. The molecular formula is C17H22NO+. The van der Waals surface area contributed by atoms with E-state index in [1.54, 1.807) is 0 Å². The highest BCUT2D eigenvalue weighted by Gasteiger charge is 2.11. The molecule has 100 valence electrons. The second kappa shape index (κ2) is 5.87. The molecule has 0 spiro atoms. The van der Waals surface area contributed by atoms with E-state index in [0.29, 0.717) is 6.61 Å². The number of ether oxygens (including phenoxy) is 1. The minimum absolute atomic E-state index is 0.693. The van der Waals surface area contributed by atoms with Crippen LogP contribution in [0.3, 0.4) is 0 Å². The predicted molar refractivity (Wildman–Crippen MR) is 77.5 cm³/mol. The summed E-state index contributed by atoms with van der Waals surface area (Å²) in [6.07, 6.45) is 0. The molecule has 0 saturated carbocycles. The predicted octanol–water partition coefficient (Wildman–Crippen LogP) is 3.29. The summed E-state index contributed by atoms with van der Waals surface area (Å²) >= 11 is 0. The lowest BCUT2D eigenvalue weighted by molar-refractivity contribution is -0.709. The second-order valence-electron chi connectivity index (χ2n) is 5.13. The molecule has 1 heterocycles. The van der Waals surface area contributed by atoms with Crippen LogP contribution in [0.25, 0.3) is 0 Å². The van der Waals surface area contributed by atoms with E-state index in [4.69, 9.17) is 4.74 Å². The average Bonchev–Trinajstić information content (AvgIpc) is 2.32. The molecule has 19 heavy (non-hydrogen) atoms. The molecule has 2 rings (SSSR count). The minimum Gasteiger partial charge on any atom is -0.487 e. The summed E-state index contributed by atoms with van der Waals surface area (Å²) in [6.45, 7) is 10.1. The van der Waals surface area contributed by atoms with Gasteiger partial charge in [0.1, 0.15) is 12.4 Å². The van der Waals surface area contributed by atoms with E-state index in [1.807, 2.05) is 12.1 Å². The lowest BCUT2D eigenvalue weighted by atomic mass is 10.2. The first-order chi connectivity index (χ1) is 9.06. The Kier molecular flexibility index (Phi) is 4.20. The summed E-state index contributed by atoms with van der Waals surface area (Å²) in [6, 6.07) is 12.6. The van der Waals surface area contributed by atoms with Gasteiger partial charge in [-0.15, -0.1) is 0 Å². The molecule has 2 nitrogen and oxygen atoms in total. The van der Waals surface area contributed by atoms with Crippen molar-refractivity contribution < 1.29 is 9.30 Å². The van der Waals surface area contributed by atoms with E-state index >= 15 is 0 Å². The van der Waals surface area contributed by atoms with Crippen LogP contribution in [0.4, 0.5) is 0 Å². The van der Waals surface area contributed by atoms with Gasteiger partial charge < -0.3 is 4.74 Å². The molecule has 0 amide bonds. The van der Waals surface area contributed by atoms with Crippen molar-refractivity contribution in [2.45, 2.75) is 34.2 Å². The van der Waals surface area contributed by atoms with Gasteiger partial charge >= 0.3 is 0 Å². The van der Waals surface area contributed by atoms with Crippen LogP contribution in [0.2, 0.25) is 0 Å². The highest BCUT2D eigenvalue weighted by molar-refractivity contribution is 5.27. The molecule has 0 bridgehead atoms. The van der Waals surface area contributed by atoms with E-state index in [0.717, 1.165) is 12.3 Å². The van der Waals surface area contributed by atoms with Gasteiger partial charge in [-0.2, -0.15) is 4.57 Å². The quantitative estimate of drug-likeness (QED) is 0.765. The third-order valence-corrected chi connectivity index (χ3v) is 3.30. The number of aryl methyl sites for hydroxylation is 4. The molecule has 0 aliphatic carbocycles. The first-order valence-electron chi connectivity index (χ1n) is 6.73. The van der Waals surface area contributed by atoms with Crippen molar-refractivity contribution in [3.8, 4) is 5.75 Å². The van der Waals surface area contributed by atoms with Gasteiger partial charge in [0.15, 0.2) is 17.9 Å². The molecule has 2 heteroatoms. The summed E-state index contributed by atoms with van der Waals surface area (Å²) in [7, 11) is 0. The van der Waals surface area contributed by atoms with E-state index < -0.39 is 0 Å². The number of benzene rings is 1. The van der Waals surface area contributed by atoms with Gasteiger partial charge in [-0.1, -0.05) is 12.1 Å². The van der Waals surface area contributed by atoms with E-state index in [2.05, 4.69) is 56.5 Å². The van der Waals surface area contributed by atoms with E-state index in [-0.39, 0.29) is 0 Å². The summed E-state index contributed by atoms with van der Waals surface area (Å²) in [5, 5.41) is 0. The third kappa shape index (κ3) is 3.57. The van der Waals surface area contributed by atoms with Crippen LogP contribution in [-0.4, -0.2) is 6.61 Å². The summed E-state index contributed by atoms with van der Waals surface area (Å²) < 4.78 is 8.10. The van der Waals surface area contributed by atoms with Crippen molar-refractivity contribution in [2.75, 3.05) is 6.61 Å². The zero-order chi connectivity index (χ0) is 13.8.